The molecule has 4 heteroatoms. The number of methoxy groups -OCH3 is 1. The first kappa shape index (κ1) is 15.7. The number of rotatable bonds is 5. The van der Waals surface area contributed by atoms with Gasteiger partial charge in [0.15, 0.2) is 0 Å². The first-order valence-electron chi connectivity index (χ1n) is 7.52. The molecule has 1 heterocycles. The van der Waals surface area contributed by atoms with Crippen LogP contribution in [0, 0.1) is 5.92 Å². The third-order valence-corrected chi connectivity index (χ3v) is 4.18. The Balaban J connectivity index is 2.05. The smallest absolute Gasteiger partial charge is 0.309 e. The summed E-state index contributed by atoms with van der Waals surface area (Å²) in [5.41, 5.74) is 2.15. The quantitative estimate of drug-likeness (QED) is 0.780. The molecule has 1 unspecified atom stereocenters. The minimum absolute atomic E-state index is 0.159. The van der Waals surface area contributed by atoms with Crippen molar-refractivity contribution in [3.05, 3.63) is 35.4 Å². The lowest BCUT2D eigenvalue weighted by Gasteiger charge is -2.31. The number of carbonyl (C=O) groups excluding carboxylic acids is 2. The van der Waals surface area contributed by atoms with E-state index in [0.29, 0.717) is 18.6 Å². The van der Waals surface area contributed by atoms with Gasteiger partial charge in [-0.25, -0.2) is 0 Å². The van der Waals surface area contributed by atoms with E-state index in [1.54, 1.807) is 0 Å². The maximum absolute atomic E-state index is 11.8. The van der Waals surface area contributed by atoms with Gasteiger partial charge in [0.05, 0.1) is 13.5 Å². The van der Waals surface area contributed by atoms with Gasteiger partial charge in [0.1, 0.15) is 5.78 Å². The lowest BCUT2D eigenvalue weighted by atomic mass is 9.93. The standard InChI is InChI=1S/C17H23NO3/c1-3-13-11-18(9-8-16(13)19)12-15-7-5-4-6-14(15)10-17(20)21-2/h4-7,13H,3,8-12H2,1-2H3. The van der Waals surface area contributed by atoms with Crippen LogP contribution in [0.15, 0.2) is 24.3 Å². The number of ketones is 1. The van der Waals surface area contributed by atoms with E-state index in [2.05, 4.69) is 17.9 Å². The molecule has 1 aromatic carbocycles. The molecule has 0 radical (unpaired) electrons. The number of likely N-dealkylation sites (tertiary alicyclic amines) is 1. The summed E-state index contributed by atoms with van der Waals surface area (Å²) in [5.74, 6) is 0.325. The fourth-order valence-electron chi connectivity index (χ4n) is 2.83. The molecule has 0 aliphatic carbocycles. The van der Waals surface area contributed by atoms with Crippen LogP contribution in [0.4, 0.5) is 0 Å². The fraction of sp³-hybridized carbons (Fsp3) is 0.529. The van der Waals surface area contributed by atoms with Crippen molar-refractivity contribution in [2.24, 2.45) is 5.92 Å². The summed E-state index contributed by atoms with van der Waals surface area (Å²) in [6.45, 7) is 4.48. The van der Waals surface area contributed by atoms with Crippen LogP contribution in [0.3, 0.4) is 0 Å². The zero-order chi connectivity index (χ0) is 15.2. The average molecular weight is 289 g/mol. The molecule has 1 fully saturated rings. The number of esters is 1. The van der Waals surface area contributed by atoms with E-state index in [4.69, 9.17) is 4.74 Å². The fourth-order valence-corrected chi connectivity index (χ4v) is 2.83. The first-order valence-corrected chi connectivity index (χ1v) is 7.52. The number of nitrogens with zero attached hydrogens (tertiary/aromatic N) is 1. The largest absolute Gasteiger partial charge is 0.469 e. The van der Waals surface area contributed by atoms with Gasteiger partial charge in [-0.15, -0.1) is 0 Å². The van der Waals surface area contributed by atoms with Gasteiger partial charge in [-0.2, -0.15) is 0 Å². The van der Waals surface area contributed by atoms with E-state index in [1.807, 2.05) is 18.2 Å². The number of piperidine rings is 1. The highest BCUT2D eigenvalue weighted by Crippen LogP contribution is 2.20. The van der Waals surface area contributed by atoms with Crippen LogP contribution in [0.2, 0.25) is 0 Å². The van der Waals surface area contributed by atoms with Gasteiger partial charge in [-0.1, -0.05) is 31.2 Å². The Morgan fingerprint density at radius 3 is 2.71 bits per heavy atom. The summed E-state index contributed by atoms with van der Waals surface area (Å²) in [5, 5.41) is 0. The van der Waals surface area contributed by atoms with Gasteiger partial charge < -0.3 is 4.74 Å². The Hall–Kier alpha value is -1.68. The van der Waals surface area contributed by atoms with E-state index in [-0.39, 0.29) is 11.9 Å². The van der Waals surface area contributed by atoms with Crippen LogP contribution in [0.25, 0.3) is 0 Å². The monoisotopic (exact) mass is 289 g/mol. The predicted molar refractivity (Wildman–Crippen MR) is 80.8 cm³/mol. The summed E-state index contributed by atoms with van der Waals surface area (Å²) in [4.78, 5) is 25.6. The number of carbonyl (C=O) groups is 2. The van der Waals surface area contributed by atoms with E-state index < -0.39 is 0 Å². The number of hydrogen-bond donors (Lipinski definition) is 0. The predicted octanol–water partition coefficient (Wildman–Crippen LogP) is 2.20. The molecule has 1 aliphatic rings. The minimum atomic E-state index is -0.220. The van der Waals surface area contributed by atoms with Crippen LogP contribution >= 0.6 is 0 Å². The molecule has 4 nitrogen and oxygen atoms in total. The van der Waals surface area contributed by atoms with Crippen molar-refractivity contribution < 1.29 is 14.3 Å². The Bertz CT molecular complexity index is 513. The third-order valence-electron chi connectivity index (χ3n) is 4.18. The van der Waals surface area contributed by atoms with Gasteiger partial charge in [0.25, 0.3) is 0 Å². The second-order valence-corrected chi connectivity index (χ2v) is 5.58. The third kappa shape index (κ3) is 4.14. The van der Waals surface area contributed by atoms with E-state index in [1.165, 1.54) is 7.11 Å². The van der Waals surface area contributed by atoms with Gasteiger partial charge in [-0.05, 0) is 17.5 Å². The van der Waals surface area contributed by atoms with E-state index in [9.17, 15) is 9.59 Å². The van der Waals surface area contributed by atoms with Crippen LogP contribution in [-0.4, -0.2) is 36.9 Å². The summed E-state index contributed by atoms with van der Waals surface area (Å²) < 4.78 is 4.75. The Morgan fingerprint density at radius 2 is 2.05 bits per heavy atom. The highest BCUT2D eigenvalue weighted by atomic mass is 16.5. The van der Waals surface area contributed by atoms with E-state index in [0.717, 1.165) is 37.2 Å². The second kappa shape index (κ2) is 7.36. The molecule has 0 N–H and O–H groups in total. The number of hydrogen-bond acceptors (Lipinski definition) is 4. The van der Waals surface area contributed by atoms with Gasteiger partial charge in [-0.3, -0.25) is 14.5 Å². The second-order valence-electron chi connectivity index (χ2n) is 5.58. The number of ether oxygens (including phenoxy) is 1. The molecule has 0 aromatic heterocycles. The van der Waals surface area contributed by atoms with Crippen LogP contribution in [-0.2, 0) is 27.3 Å². The zero-order valence-electron chi connectivity index (χ0n) is 12.8. The molecule has 1 saturated heterocycles. The van der Waals surface area contributed by atoms with Gasteiger partial charge in [0, 0.05) is 32.0 Å². The number of benzene rings is 1. The topological polar surface area (TPSA) is 46.6 Å². The van der Waals surface area contributed by atoms with Crippen LogP contribution in [0.5, 0.6) is 0 Å². The molecule has 114 valence electrons. The lowest BCUT2D eigenvalue weighted by Crippen LogP contribution is -2.40. The van der Waals surface area contributed by atoms with Crippen molar-refractivity contribution in [1.82, 2.24) is 4.90 Å². The molecule has 0 spiro atoms. The van der Waals surface area contributed by atoms with Crippen LogP contribution in [0.1, 0.15) is 30.9 Å². The normalized spacial score (nSPS) is 19.5. The molecule has 0 amide bonds. The Labute approximate surface area is 126 Å². The molecular weight excluding hydrogens is 266 g/mol. The summed E-state index contributed by atoms with van der Waals surface area (Å²) in [6.07, 6.45) is 1.84. The average Bonchev–Trinajstić information content (AvgIpc) is 2.51. The van der Waals surface area contributed by atoms with Crippen molar-refractivity contribution in [1.29, 1.82) is 0 Å². The maximum atomic E-state index is 11.8. The highest BCUT2D eigenvalue weighted by molar-refractivity contribution is 5.82. The Morgan fingerprint density at radius 1 is 1.33 bits per heavy atom. The molecular formula is C17H23NO3. The van der Waals surface area contributed by atoms with Crippen LogP contribution < -0.4 is 0 Å². The first-order chi connectivity index (χ1) is 10.1. The highest BCUT2D eigenvalue weighted by Gasteiger charge is 2.26. The molecule has 2 rings (SSSR count). The summed E-state index contributed by atoms with van der Waals surface area (Å²) >= 11 is 0. The molecule has 1 atom stereocenters. The molecule has 21 heavy (non-hydrogen) atoms. The summed E-state index contributed by atoms with van der Waals surface area (Å²) in [6, 6.07) is 7.95. The molecule has 1 aromatic rings. The molecule has 1 aliphatic heterocycles. The molecule has 0 saturated carbocycles. The van der Waals surface area contributed by atoms with Crippen molar-refractivity contribution in [3.8, 4) is 0 Å². The van der Waals surface area contributed by atoms with Crippen molar-refractivity contribution >= 4 is 11.8 Å². The maximum Gasteiger partial charge on any atom is 0.309 e. The van der Waals surface area contributed by atoms with Crippen molar-refractivity contribution in [3.63, 3.8) is 0 Å². The lowest BCUT2D eigenvalue weighted by molar-refractivity contribution is -0.139. The van der Waals surface area contributed by atoms with Crippen molar-refractivity contribution in [2.75, 3.05) is 20.2 Å². The van der Waals surface area contributed by atoms with Gasteiger partial charge in [0.2, 0.25) is 0 Å². The van der Waals surface area contributed by atoms with Gasteiger partial charge >= 0.3 is 5.97 Å². The molecule has 0 bridgehead atoms. The number of Topliss-reactive ketones (excluding diaryl/α,β-unsaturated/α-hetero) is 1. The van der Waals surface area contributed by atoms with Crippen molar-refractivity contribution in [2.45, 2.75) is 32.7 Å². The Kier molecular flexibility index (Phi) is 5.51. The zero-order valence-corrected chi connectivity index (χ0v) is 12.8. The summed E-state index contributed by atoms with van der Waals surface area (Å²) in [7, 11) is 1.41. The SMILES string of the molecule is CCC1CN(Cc2ccccc2CC(=O)OC)CCC1=O. The minimum Gasteiger partial charge on any atom is -0.469 e. The van der Waals surface area contributed by atoms with E-state index >= 15 is 0 Å².